The Morgan fingerprint density at radius 2 is 1.66 bits per heavy atom. The summed E-state index contributed by atoms with van der Waals surface area (Å²) in [6.07, 6.45) is 0.406. The van der Waals surface area contributed by atoms with Gasteiger partial charge in [-0.05, 0) is 40.3 Å². The SMILES string of the molecule is C=C(NC(=O)C(=C)N1Cc2c(cccc2-c2ccc(NC(=O)CC(C)(C)C)cc2)C1=O)C(=O)OC. The second-order valence-electron chi connectivity index (χ2n) is 9.46. The maximum absolute atomic E-state index is 13.0. The Morgan fingerprint density at radius 3 is 2.26 bits per heavy atom. The van der Waals surface area contributed by atoms with Crippen LogP contribution in [0.2, 0.25) is 0 Å². The predicted molar refractivity (Wildman–Crippen MR) is 133 cm³/mol. The highest BCUT2D eigenvalue weighted by Crippen LogP contribution is 2.34. The molecule has 0 atom stereocenters. The van der Waals surface area contributed by atoms with E-state index in [1.54, 1.807) is 12.1 Å². The Morgan fingerprint density at radius 1 is 1.03 bits per heavy atom. The molecular formula is C27H29N3O5. The van der Waals surface area contributed by atoms with Gasteiger partial charge in [-0.1, -0.05) is 58.2 Å². The molecule has 0 bridgehead atoms. The summed E-state index contributed by atoms with van der Waals surface area (Å²) < 4.78 is 4.52. The van der Waals surface area contributed by atoms with Gasteiger partial charge >= 0.3 is 5.97 Å². The van der Waals surface area contributed by atoms with Crippen molar-refractivity contribution in [1.82, 2.24) is 10.2 Å². The number of nitrogens with zero attached hydrogens (tertiary/aromatic N) is 1. The number of fused-ring (bicyclic) bond motifs is 1. The zero-order valence-electron chi connectivity index (χ0n) is 20.4. The van der Waals surface area contributed by atoms with Gasteiger partial charge in [-0.3, -0.25) is 19.3 Å². The second kappa shape index (κ2) is 9.97. The van der Waals surface area contributed by atoms with Gasteiger partial charge in [-0.25, -0.2) is 4.79 Å². The maximum Gasteiger partial charge on any atom is 0.353 e. The molecule has 0 saturated carbocycles. The lowest BCUT2D eigenvalue weighted by Gasteiger charge is -2.18. The molecule has 1 aliphatic heterocycles. The highest BCUT2D eigenvalue weighted by Gasteiger charge is 2.33. The van der Waals surface area contributed by atoms with E-state index >= 15 is 0 Å². The van der Waals surface area contributed by atoms with Crippen molar-refractivity contribution in [3.05, 3.63) is 78.1 Å². The lowest BCUT2D eigenvalue weighted by atomic mass is 9.92. The summed E-state index contributed by atoms with van der Waals surface area (Å²) in [7, 11) is 1.17. The number of carbonyl (C=O) groups is 4. The van der Waals surface area contributed by atoms with E-state index < -0.39 is 11.9 Å². The van der Waals surface area contributed by atoms with Crippen molar-refractivity contribution in [3.63, 3.8) is 0 Å². The van der Waals surface area contributed by atoms with E-state index in [0.717, 1.165) is 16.7 Å². The zero-order valence-corrected chi connectivity index (χ0v) is 20.4. The van der Waals surface area contributed by atoms with Crippen LogP contribution in [0.25, 0.3) is 11.1 Å². The lowest BCUT2D eigenvalue weighted by Crippen LogP contribution is -2.36. The van der Waals surface area contributed by atoms with Crippen LogP contribution in [-0.2, 0) is 25.7 Å². The Labute approximate surface area is 204 Å². The Balaban J connectivity index is 1.77. The van der Waals surface area contributed by atoms with Crippen LogP contribution < -0.4 is 10.6 Å². The van der Waals surface area contributed by atoms with E-state index in [9.17, 15) is 19.2 Å². The van der Waals surface area contributed by atoms with Gasteiger partial charge < -0.3 is 15.4 Å². The summed E-state index contributed by atoms with van der Waals surface area (Å²) in [4.78, 5) is 50.5. The maximum atomic E-state index is 13.0. The van der Waals surface area contributed by atoms with E-state index in [-0.39, 0.29) is 35.2 Å². The van der Waals surface area contributed by atoms with Crippen molar-refractivity contribution in [3.8, 4) is 11.1 Å². The fourth-order valence-electron chi connectivity index (χ4n) is 3.75. The summed E-state index contributed by atoms with van der Waals surface area (Å²) >= 11 is 0. The minimum Gasteiger partial charge on any atom is -0.464 e. The fraction of sp³-hybridized carbons (Fsp3) is 0.259. The average molecular weight is 476 g/mol. The van der Waals surface area contributed by atoms with Crippen LogP contribution >= 0.6 is 0 Å². The first-order valence-electron chi connectivity index (χ1n) is 11.0. The van der Waals surface area contributed by atoms with Gasteiger partial charge in [0.2, 0.25) is 5.91 Å². The number of amides is 3. The number of nitrogens with one attached hydrogen (secondary N) is 2. The van der Waals surface area contributed by atoms with E-state index in [4.69, 9.17) is 0 Å². The van der Waals surface area contributed by atoms with Crippen LogP contribution in [0.3, 0.4) is 0 Å². The molecule has 0 radical (unpaired) electrons. The fourth-order valence-corrected chi connectivity index (χ4v) is 3.75. The Kier molecular flexibility index (Phi) is 7.24. The normalized spacial score (nSPS) is 12.6. The number of carbonyl (C=O) groups excluding carboxylic acids is 4. The summed E-state index contributed by atoms with van der Waals surface area (Å²) in [5, 5.41) is 5.20. The molecule has 182 valence electrons. The number of anilines is 1. The molecule has 2 aromatic carbocycles. The van der Waals surface area contributed by atoms with Gasteiger partial charge in [0.25, 0.3) is 11.8 Å². The molecule has 3 amide bonds. The highest BCUT2D eigenvalue weighted by molar-refractivity contribution is 6.07. The first-order valence-corrected chi connectivity index (χ1v) is 11.0. The number of rotatable bonds is 7. The van der Waals surface area contributed by atoms with Gasteiger partial charge in [-0.15, -0.1) is 0 Å². The van der Waals surface area contributed by atoms with Crippen molar-refractivity contribution in [2.75, 3.05) is 12.4 Å². The zero-order chi connectivity index (χ0) is 25.9. The van der Waals surface area contributed by atoms with Crippen molar-refractivity contribution in [2.24, 2.45) is 5.41 Å². The van der Waals surface area contributed by atoms with E-state index in [0.29, 0.717) is 17.7 Å². The molecule has 2 aromatic rings. The minimum absolute atomic E-state index is 0.0567. The van der Waals surface area contributed by atoms with Crippen LogP contribution in [0.1, 0.15) is 43.1 Å². The topological polar surface area (TPSA) is 105 Å². The van der Waals surface area contributed by atoms with Gasteiger partial charge in [0.1, 0.15) is 11.4 Å². The average Bonchev–Trinajstić information content (AvgIpc) is 3.13. The largest absolute Gasteiger partial charge is 0.464 e. The minimum atomic E-state index is -0.789. The van der Waals surface area contributed by atoms with E-state index in [1.165, 1.54) is 12.0 Å². The summed E-state index contributed by atoms with van der Waals surface area (Å²) in [5.41, 5.74) is 3.12. The molecule has 0 spiro atoms. The molecule has 0 fully saturated rings. The number of ether oxygens (including phenoxy) is 1. The van der Waals surface area contributed by atoms with Crippen molar-refractivity contribution >= 4 is 29.4 Å². The monoisotopic (exact) mass is 475 g/mol. The van der Waals surface area contributed by atoms with Crippen LogP contribution in [0, 0.1) is 5.41 Å². The molecule has 35 heavy (non-hydrogen) atoms. The molecule has 2 N–H and O–H groups in total. The molecule has 1 aliphatic rings. The van der Waals surface area contributed by atoms with Gasteiger partial charge in [-0.2, -0.15) is 0 Å². The van der Waals surface area contributed by atoms with E-state index in [2.05, 4.69) is 28.5 Å². The van der Waals surface area contributed by atoms with Crippen LogP contribution in [0.5, 0.6) is 0 Å². The first kappa shape index (κ1) is 25.4. The van der Waals surface area contributed by atoms with Gasteiger partial charge in [0.05, 0.1) is 13.7 Å². The number of hydrogen-bond donors (Lipinski definition) is 2. The smallest absolute Gasteiger partial charge is 0.353 e. The lowest BCUT2D eigenvalue weighted by molar-refractivity contribution is -0.137. The van der Waals surface area contributed by atoms with Crippen molar-refractivity contribution < 1.29 is 23.9 Å². The molecule has 3 rings (SSSR count). The van der Waals surface area contributed by atoms with Crippen molar-refractivity contribution in [1.29, 1.82) is 0 Å². The molecule has 0 saturated heterocycles. The quantitative estimate of drug-likeness (QED) is 0.465. The van der Waals surface area contributed by atoms with Crippen LogP contribution in [0.15, 0.2) is 67.0 Å². The number of methoxy groups -OCH3 is 1. The molecule has 8 nitrogen and oxygen atoms in total. The Bertz CT molecular complexity index is 1220. The predicted octanol–water partition coefficient (Wildman–Crippen LogP) is 4.00. The van der Waals surface area contributed by atoms with E-state index in [1.807, 2.05) is 51.1 Å². The van der Waals surface area contributed by atoms with Crippen LogP contribution in [0.4, 0.5) is 5.69 Å². The standard InChI is InChI=1S/C27H29N3O5/c1-16(26(34)35-6)28-24(32)17(2)30-15-22-20(8-7-9-21(22)25(30)33)18-10-12-19(13-11-18)29-23(31)14-27(3,4)5/h7-13H,1-2,14-15H2,3-6H3,(H,28,32)(H,29,31). The second-order valence-corrected chi connectivity index (χ2v) is 9.46. The first-order chi connectivity index (χ1) is 16.4. The molecule has 0 aromatic heterocycles. The molecule has 1 heterocycles. The summed E-state index contributed by atoms with van der Waals surface area (Å²) in [5.74, 6) is -1.93. The third-order valence-electron chi connectivity index (χ3n) is 5.42. The summed E-state index contributed by atoms with van der Waals surface area (Å²) in [6.45, 7) is 13.3. The van der Waals surface area contributed by atoms with Gasteiger partial charge in [0, 0.05) is 17.7 Å². The summed E-state index contributed by atoms with van der Waals surface area (Å²) in [6, 6.07) is 12.7. The van der Waals surface area contributed by atoms with Crippen LogP contribution in [-0.4, -0.2) is 35.7 Å². The van der Waals surface area contributed by atoms with Gasteiger partial charge in [0.15, 0.2) is 0 Å². The third-order valence-corrected chi connectivity index (χ3v) is 5.42. The number of hydrogen-bond acceptors (Lipinski definition) is 5. The molecule has 0 unspecified atom stereocenters. The molecule has 0 aliphatic carbocycles. The Hall–Kier alpha value is -4.20. The number of benzene rings is 2. The highest BCUT2D eigenvalue weighted by atomic mass is 16.5. The third kappa shape index (κ3) is 5.84. The molecular weight excluding hydrogens is 446 g/mol. The van der Waals surface area contributed by atoms with Crippen molar-refractivity contribution in [2.45, 2.75) is 33.7 Å². The molecule has 8 heteroatoms. The number of esters is 1.